The molecule has 1 N–H and O–H groups in total. The van der Waals surface area contributed by atoms with Crippen LogP contribution in [0.4, 0.5) is 10.1 Å². The predicted octanol–water partition coefficient (Wildman–Crippen LogP) is 4.39. The van der Waals surface area contributed by atoms with Gasteiger partial charge in [0.15, 0.2) is 6.61 Å². The molecule has 5 nitrogen and oxygen atoms in total. The van der Waals surface area contributed by atoms with Crippen molar-refractivity contribution in [3.05, 3.63) is 77.4 Å². The number of ether oxygens (including phenoxy) is 1. The molecule has 0 aliphatic heterocycles. The molecule has 0 aliphatic carbocycles. The monoisotopic (exact) mass is 363 g/mol. The van der Waals surface area contributed by atoms with E-state index in [-0.39, 0.29) is 18.3 Å². The van der Waals surface area contributed by atoms with Gasteiger partial charge in [-0.1, -0.05) is 12.1 Å². The maximum absolute atomic E-state index is 14.2. The SMILES string of the molecule is Cc1cc(C(=O)Nc2ccc(OCC#N)cc2)c(C)n1-c1ccccc1F. The van der Waals surface area contributed by atoms with E-state index in [4.69, 9.17) is 10.00 Å². The van der Waals surface area contributed by atoms with Crippen LogP contribution >= 0.6 is 0 Å². The quantitative estimate of drug-likeness (QED) is 0.731. The van der Waals surface area contributed by atoms with Crippen molar-refractivity contribution in [3.63, 3.8) is 0 Å². The van der Waals surface area contributed by atoms with Gasteiger partial charge in [0.05, 0.1) is 11.3 Å². The zero-order valence-corrected chi connectivity index (χ0v) is 15.0. The fourth-order valence-electron chi connectivity index (χ4n) is 2.94. The van der Waals surface area contributed by atoms with Gasteiger partial charge < -0.3 is 14.6 Å². The summed E-state index contributed by atoms with van der Waals surface area (Å²) in [4.78, 5) is 12.7. The third kappa shape index (κ3) is 3.82. The highest BCUT2D eigenvalue weighted by molar-refractivity contribution is 6.05. The van der Waals surface area contributed by atoms with Crippen molar-refractivity contribution >= 4 is 11.6 Å². The second-order valence-corrected chi connectivity index (χ2v) is 6.00. The number of hydrogen-bond donors (Lipinski definition) is 1. The van der Waals surface area contributed by atoms with Gasteiger partial charge in [0.1, 0.15) is 17.6 Å². The number of hydrogen-bond acceptors (Lipinski definition) is 3. The highest BCUT2D eigenvalue weighted by Crippen LogP contribution is 2.24. The number of rotatable bonds is 5. The van der Waals surface area contributed by atoms with Crippen LogP contribution in [0.1, 0.15) is 21.7 Å². The number of aryl methyl sites for hydroxylation is 1. The molecule has 136 valence electrons. The highest BCUT2D eigenvalue weighted by Gasteiger charge is 2.18. The fourth-order valence-corrected chi connectivity index (χ4v) is 2.94. The molecule has 0 bridgehead atoms. The van der Waals surface area contributed by atoms with E-state index in [2.05, 4.69) is 5.32 Å². The highest BCUT2D eigenvalue weighted by atomic mass is 19.1. The maximum Gasteiger partial charge on any atom is 0.257 e. The van der Waals surface area contributed by atoms with E-state index in [0.29, 0.717) is 28.4 Å². The Hall–Kier alpha value is -3.59. The lowest BCUT2D eigenvalue weighted by atomic mass is 10.2. The Morgan fingerprint density at radius 3 is 2.56 bits per heavy atom. The second kappa shape index (κ2) is 7.75. The van der Waals surface area contributed by atoms with Gasteiger partial charge in [-0.25, -0.2) is 4.39 Å². The molecule has 3 rings (SSSR count). The number of para-hydroxylation sites is 1. The summed E-state index contributed by atoms with van der Waals surface area (Å²) in [5, 5.41) is 11.3. The number of carbonyl (C=O) groups excluding carboxylic acids is 1. The first-order valence-electron chi connectivity index (χ1n) is 8.36. The lowest BCUT2D eigenvalue weighted by Crippen LogP contribution is -2.13. The minimum Gasteiger partial charge on any atom is -0.479 e. The zero-order chi connectivity index (χ0) is 19.4. The Morgan fingerprint density at radius 2 is 1.89 bits per heavy atom. The first-order valence-corrected chi connectivity index (χ1v) is 8.36. The van der Waals surface area contributed by atoms with E-state index in [1.165, 1.54) is 6.07 Å². The number of nitrogens with one attached hydrogen (secondary N) is 1. The summed E-state index contributed by atoms with van der Waals surface area (Å²) in [7, 11) is 0. The number of halogens is 1. The van der Waals surface area contributed by atoms with Gasteiger partial charge in [0.25, 0.3) is 5.91 Å². The molecule has 1 amide bonds. The van der Waals surface area contributed by atoms with Crippen LogP contribution in [0.2, 0.25) is 0 Å². The Morgan fingerprint density at radius 1 is 1.19 bits per heavy atom. The molecule has 2 aromatic carbocycles. The molecule has 27 heavy (non-hydrogen) atoms. The number of nitriles is 1. The number of benzene rings is 2. The van der Waals surface area contributed by atoms with Crippen molar-refractivity contribution in [1.82, 2.24) is 4.57 Å². The third-order valence-electron chi connectivity index (χ3n) is 4.18. The maximum atomic E-state index is 14.2. The van der Waals surface area contributed by atoms with Crippen molar-refractivity contribution < 1.29 is 13.9 Å². The second-order valence-electron chi connectivity index (χ2n) is 6.00. The van der Waals surface area contributed by atoms with E-state index in [1.54, 1.807) is 60.0 Å². The molecule has 0 unspecified atom stereocenters. The lowest BCUT2D eigenvalue weighted by Gasteiger charge is -2.11. The van der Waals surface area contributed by atoms with Gasteiger partial charge in [0, 0.05) is 17.1 Å². The average molecular weight is 363 g/mol. The Bertz CT molecular complexity index is 1020. The van der Waals surface area contributed by atoms with Crippen LogP contribution in [0, 0.1) is 31.0 Å². The summed E-state index contributed by atoms with van der Waals surface area (Å²) in [6, 6.07) is 16.8. The average Bonchev–Trinajstić information content (AvgIpc) is 2.96. The topological polar surface area (TPSA) is 67.0 Å². The van der Waals surface area contributed by atoms with Crippen molar-refractivity contribution in [2.45, 2.75) is 13.8 Å². The van der Waals surface area contributed by atoms with E-state index in [1.807, 2.05) is 13.0 Å². The van der Waals surface area contributed by atoms with Crippen LogP contribution < -0.4 is 10.1 Å². The van der Waals surface area contributed by atoms with E-state index in [9.17, 15) is 9.18 Å². The summed E-state index contributed by atoms with van der Waals surface area (Å²) < 4.78 is 21.1. The molecule has 0 atom stereocenters. The zero-order valence-electron chi connectivity index (χ0n) is 15.0. The molecule has 0 radical (unpaired) electrons. The number of aromatic nitrogens is 1. The van der Waals surface area contributed by atoms with Crippen LogP contribution in [0.15, 0.2) is 54.6 Å². The minimum atomic E-state index is -0.348. The van der Waals surface area contributed by atoms with Gasteiger partial charge in [-0.05, 0) is 56.3 Å². The smallest absolute Gasteiger partial charge is 0.257 e. The molecule has 3 aromatic rings. The number of amides is 1. The lowest BCUT2D eigenvalue weighted by molar-refractivity contribution is 0.102. The van der Waals surface area contributed by atoms with Crippen LogP contribution in [0.3, 0.4) is 0 Å². The third-order valence-corrected chi connectivity index (χ3v) is 4.18. The number of carbonyl (C=O) groups is 1. The largest absolute Gasteiger partial charge is 0.479 e. The minimum absolute atomic E-state index is 0.0340. The Labute approximate surface area is 156 Å². The molecule has 0 fully saturated rings. The van der Waals surface area contributed by atoms with Crippen LogP contribution in [-0.2, 0) is 0 Å². The summed E-state index contributed by atoms with van der Waals surface area (Å²) in [6.45, 7) is 3.58. The first kappa shape index (κ1) is 18.2. The van der Waals surface area contributed by atoms with E-state index in [0.717, 1.165) is 5.69 Å². The van der Waals surface area contributed by atoms with Gasteiger partial charge in [0.2, 0.25) is 0 Å². The van der Waals surface area contributed by atoms with Crippen molar-refractivity contribution in [1.29, 1.82) is 5.26 Å². The predicted molar refractivity (Wildman–Crippen MR) is 101 cm³/mol. The fraction of sp³-hybridized carbons (Fsp3) is 0.143. The number of nitrogens with zero attached hydrogens (tertiary/aromatic N) is 2. The summed E-state index contributed by atoms with van der Waals surface area (Å²) in [5.74, 6) is -0.0807. The molecule has 6 heteroatoms. The molecule has 0 aliphatic rings. The van der Waals surface area contributed by atoms with Gasteiger partial charge in [-0.15, -0.1) is 0 Å². The van der Waals surface area contributed by atoms with Crippen LogP contribution in [-0.4, -0.2) is 17.1 Å². The molecule has 1 heterocycles. The van der Waals surface area contributed by atoms with E-state index >= 15 is 0 Å². The molecule has 0 saturated heterocycles. The van der Waals surface area contributed by atoms with Crippen LogP contribution in [0.5, 0.6) is 5.75 Å². The molecular formula is C21H18FN3O2. The normalized spacial score (nSPS) is 10.3. The van der Waals surface area contributed by atoms with Crippen molar-refractivity contribution in [2.24, 2.45) is 0 Å². The summed E-state index contributed by atoms with van der Waals surface area (Å²) in [6.07, 6.45) is 0. The molecular weight excluding hydrogens is 345 g/mol. The van der Waals surface area contributed by atoms with Gasteiger partial charge in [-0.3, -0.25) is 4.79 Å². The van der Waals surface area contributed by atoms with Gasteiger partial charge in [-0.2, -0.15) is 5.26 Å². The Kier molecular flexibility index (Phi) is 5.23. The molecule has 0 spiro atoms. The Balaban J connectivity index is 1.83. The van der Waals surface area contributed by atoms with Gasteiger partial charge >= 0.3 is 0 Å². The summed E-state index contributed by atoms with van der Waals surface area (Å²) in [5.41, 5.74) is 2.90. The number of anilines is 1. The van der Waals surface area contributed by atoms with Crippen molar-refractivity contribution in [2.75, 3.05) is 11.9 Å². The van der Waals surface area contributed by atoms with Crippen LogP contribution in [0.25, 0.3) is 5.69 Å². The molecule has 0 saturated carbocycles. The first-order chi connectivity index (χ1) is 13.0. The van der Waals surface area contributed by atoms with E-state index < -0.39 is 0 Å². The molecule has 1 aromatic heterocycles. The summed E-state index contributed by atoms with van der Waals surface area (Å²) >= 11 is 0. The van der Waals surface area contributed by atoms with Crippen molar-refractivity contribution in [3.8, 4) is 17.5 Å². The standard InChI is InChI=1S/C21H18FN3O2/c1-14-13-18(15(2)25(14)20-6-4-3-5-19(20)22)21(26)24-16-7-9-17(10-8-16)27-12-11-23/h3-10,13H,12H2,1-2H3,(H,24,26).